The maximum absolute atomic E-state index is 4.31. The zero-order valence-electron chi connectivity index (χ0n) is 11.5. The van der Waals surface area contributed by atoms with Crippen molar-refractivity contribution in [2.75, 3.05) is 0 Å². The molecule has 0 aliphatic rings. The Morgan fingerprint density at radius 1 is 0.889 bits per heavy atom. The minimum Gasteiger partial charge on any atom is -0.106 e. The van der Waals surface area contributed by atoms with Gasteiger partial charge in [-0.2, -0.15) is 0 Å². The van der Waals surface area contributed by atoms with Gasteiger partial charge >= 0.3 is 0 Å². The Bertz CT molecular complexity index is 310. The summed E-state index contributed by atoms with van der Waals surface area (Å²) in [5, 5.41) is 0. The Morgan fingerprint density at radius 3 is 2.17 bits per heavy atom. The molecule has 0 amide bonds. The molecule has 18 heavy (non-hydrogen) atoms. The zero-order chi connectivity index (χ0) is 13.1. The summed E-state index contributed by atoms with van der Waals surface area (Å²) >= 11 is 4.31. The maximum atomic E-state index is 4.31. The van der Waals surface area contributed by atoms with Crippen LogP contribution in [0.3, 0.4) is 0 Å². The number of hydrogen-bond acceptors (Lipinski definition) is 2. The van der Waals surface area contributed by atoms with Gasteiger partial charge in [0.15, 0.2) is 0 Å². The standard InChI is InChI=1S/C16H26S2/c1-2-3-4-5-6-7-8-9-12-15-13-10-11-14-16(15)18-17/h10-11,13-14,17H,2-9,12H2,1H3. The lowest BCUT2D eigenvalue weighted by molar-refractivity contribution is 0.574. The molecule has 1 aromatic carbocycles. The van der Waals surface area contributed by atoms with E-state index in [1.807, 2.05) is 0 Å². The molecular weight excluding hydrogens is 256 g/mol. The second-order valence-electron chi connectivity index (χ2n) is 4.92. The van der Waals surface area contributed by atoms with Crippen LogP contribution in [0.1, 0.15) is 63.9 Å². The predicted octanol–water partition coefficient (Wildman–Crippen LogP) is 6.31. The molecule has 0 aromatic heterocycles. The Balaban J connectivity index is 2.07. The fraction of sp³-hybridized carbons (Fsp3) is 0.625. The highest BCUT2D eigenvalue weighted by molar-refractivity contribution is 8.68. The second-order valence-corrected chi connectivity index (χ2v) is 6.09. The molecule has 1 aromatic rings. The van der Waals surface area contributed by atoms with Crippen LogP contribution in [-0.2, 0) is 6.42 Å². The topological polar surface area (TPSA) is 0 Å². The molecule has 1 rings (SSSR count). The lowest BCUT2D eigenvalue weighted by Gasteiger charge is -2.06. The van der Waals surface area contributed by atoms with Gasteiger partial charge in [0.25, 0.3) is 0 Å². The summed E-state index contributed by atoms with van der Waals surface area (Å²) in [6.07, 6.45) is 12.3. The minimum atomic E-state index is 1.21. The fourth-order valence-corrected chi connectivity index (χ4v) is 3.21. The van der Waals surface area contributed by atoms with Crippen molar-refractivity contribution in [1.29, 1.82) is 0 Å². The number of unbranched alkanes of at least 4 members (excludes halogenated alkanes) is 7. The molecule has 0 unspecified atom stereocenters. The molecule has 0 aliphatic carbocycles. The van der Waals surface area contributed by atoms with Crippen molar-refractivity contribution in [3.63, 3.8) is 0 Å². The molecule has 0 saturated heterocycles. The van der Waals surface area contributed by atoms with E-state index < -0.39 is 0 Å². The van der Waals surface area contributed by atoms with Crippen molar-refractivity contribution in [3.8, 4) is 0 Å². The third-order valence-electron chi connectivity index (χ3n) is 3.37. The number of aryl methyl sites for hydroxylation is 1. The molecule has 0 radical (unpaired) electrons. The van der Waals surface area contributed by atoms with Crippen molar-refractivity contribution >= 4 is 22.5 Å². The molecule has 2 heteroatoms. The van der Waals surface area contributed by atoms with Gasteiger partial charge in [0.2, 0.25) is 0 Å². The van der Waals surface area contributed by atoms with Crippen molar-refractivity contribution in [2.24, 2.45) is 0 Å². The molecular formula is C16H26S2. The second kappa shape index (κ2) is 10.8. The highest BCUT2D eigenvalue weighted by Crippen LogP contribution is 2.26. The molecule has 0 nitrogen and oxygen atoms in total. The van der Waals surface area contributed by atoms with Gasteiger partial charge in [-0.15, -0.1) is 11.7 Å². The third kappa shape index (κ3) is 6.75. The monoisotopic (exact) mass is 282 g/mol. The van der Waals surface area contributed by atoms with E-state index in [4.69, 9.17) is 0 Å². The summed E-state index contributed by atoms with van der Waals surface area (Å²) in [5.41, 5.74) is 1.46. The average Bonchev–Trinajstić information content (AvgIpc) is 2.42. The first kappa shape index (κ1) is 16.0. The summed E-state index contributed by atoms with van der Waals surface area (Å²) < 4.78 is 0. The zero-order valence-corrected chi connectivity index (χ0v) is 13.2. The van der Waals surface area contributed by atoms with Gasteiger partial charge in [-0.3, -0.25) is 0 Å². The van der Waals surface area contributed by atoms with Crippen LogP contribution in [0.4, 0.5) is 0 Å². The molecule has 0 spiro atoms. The largest absolute Gasteiger partial charge is 0.106 e. The SMILES string of the molecule is CCCCCCCCCCc1ccccc1SS. The molecule has 0 N–H and O–H groups in total. The van der Waals surface area contributed by atoms with Crippen LogP contribution < -0.4 is 0 Å². The minimum absolute atomic E-state index is 1.21. The van der Waals surface area contributed by atoms with E-state index >= 15 is 0 Å². The van der Waals surface area contributed by atoms with Crippen LogP contribution in [-0.4, -0.2) is 0 Å². The highest BCUT2D eigenvalue weighted by atomic mass is 33.1. The first-order chi connectivity index (χ1) is 8.88. The van der Waals surface area contributed by atoms with Crippen molar-refractivity contribution in [2.45, 2.75) is 69.6 Å². The van der Waals surface area contributed by atoms with Crippen LogP contribution in [0.2, 0.25) is 0 Å². The van der Waals surface area contributed by atoms with Crippen LogP contribution in [0.25, 0.3) is 0 Å². The first-order valence-corrected chi connectivity index (χ1v) is 9.14. The summed E-state index contributed by atoms with van der Waals surface area (Å²) in [7, 11) is 1.57. The van der Waals surface area contributed by atoms with E-state index in [-0.39, 0.29) is 0 Å². The van der Waals surface area contributed by atoms with E-state index in [1.165, 1.54) is 68.2 Å². The van der Waals surface area contributed by atoms with Gasteiger partial charge < -0.3 is 0 Å². The van der Waals surface area contributed by atoms with Crippen LogP contribution in [0, 0.1) is 0 Å². The van der Waals surface area contributed by atoms with Crippen molar-refractivity contribution < 1.29 is 0 Å². The molecule has 0 saturated carbocycles. The highest BCUT2D eigenvalue weighted by Gasteiger charge is 2.00. The quantitative estimate of drug-likeness (QED) is 0.298. The van der Waals surface area contributed by atoms with Gasteiger partial charge in [0.05, 0.1) is 0 Å². The average molecular weight is 283 g/mol. The molecule has 0 aliphatic heterocycles. The van der Waals surface area contributed by atoms with E-state index in [0.29, 0.717) is 0 Å². The van der Waals surface area contributed by atoms with Crippen LogP contribution in [0.5, 0.6) is 0 Å². The Labute approximate surface area is 122 Å². The Kier molecular flexibility index (Phi) is 9.59. The maximum Gasteiger partial charge on any atom is 0.0212 e. The Morgan fingerprint density at radius 2 is 1.50 bits per heavy atom. The third-order valence-corrected chi connectivity index (χ3v) is 4.56. The van der Waals surface area contributed by atoms with E-state index in [1.54, 1.807) is 10.8 Å². The Hall–Kier alpha value is -0.0800. The predicted molar refractivity (Wildman–Crippen MR) is 87.6 cm³/mol. The molecule has 0 atom stereocenters. The first-order valence-electron chi connectivity index (χ1n) is 7.27. The number of rotatable bonds is 10. The summed E-state index contributed by atoms with van der Waals surface area (Å²) in [6.45, 7) is 2.27. The normalized spacial score (nSPS) is 10.8. The number of thiol groups is 1. The lowest BCUT2D eigenvalue weighted by atomic mass is 10.0. The summed E-state index contributed by atoms with van der Waals surface area (Å²) in [6, 6.07) is 8.63. The van der Waals surface area contributed by atoms with Crippen molar-refractivity contribution in [3.05, 3.63) is 29.8 Å². The van der Waals surface area contributed by atoms with Gasteiger partial charge in [-0.05, 0) is 24.5 Å². The molecule has 102 valence electrons. The number of benzene rings is 1. The molecule has 0 fully saturated rings. The van der Waals surface area contributed by atoms with Gasteiger partial charge in [0, 0.05) is 4.90 Å². The fourth-order valence-electron chi connectivity index (χ4n) is 2.25. The molecule has 0 bridgehead atoms. The smallest absolute Gasteiger partial charge is 0.0212 e. The van der Waals surface area contributed by atoms with Crippen LogP contribution >= 0.6 is 22.5 Å². The van der Waals surface area contributed by atoms with Gasteiger partial charge in [-0.25, -0.2) is 0 Å². The lowest BCUT2D eigenvalue weighted by Crippen LogP contribution is -1.88. The summed E-state index contributed by atoms with van der Waals surface area (Å²) in [5.74, 6) is 0. The van der Waals surface area contributed by atoms with E-state index in [2.05, 4.69) is 42.9 Å². The van der Waals surface area contributed by atoms with Crippen molar-refractivity contribution in [1.82, 2.24) is 0 Å². The van der Waals surface area contributed by atoms with Crippen LogP contribution in [0.15, 0.2) is 29.2 Å². The molecule has 0 heterocycles. The van der Waals surface area contributed by atoms with Gasteiger partial charge in [-0.1, -0.05) is 80.9 Å². The van der Waals surface area contributed by atoms with Gasteiger partial charge in [0.1, 0.15) is 0 Å². The van der Waals surface area contributed by atoms with E-state index in [9.17, 15) is 0 Å². The van der Waals surface area contributed by atoms with E-state index in [0.717, 1.165) is 0 Å². The summed E-state index contributed by atoms with van der Waals surface area (Å²) in [4.78, 5) is 1.32. The number of hydrogen-bond donors (Lipinski definition) is 1.